The van der Waals surface area contributed by atoms with Crippen molar-refractivity contribution in [2.75, 3.05) is 0 Å². The standard InChI is InChI=1S/C19H20N2O5/c1-13-6-5-9-16(18(13)21(25)26)19(24)20-15(10-11-17(22)23)12-14-7-3-2-4-8-14/h2-9,15H,10-12H2,1H3,(H,20,24)(H,22,23). The Morgan fingerprint density at radius 2 is 1.85 bits per heavy atom. The quantitative estimate of drug-likeness (QED) is 0.558. The topological polar surface area (TPSA) is 110 Å². The van der Waals surface area contributed by atoms with Crippen LogP contribution in [-0.4, -0.2) is 27.9 Å². The number of rotatable bonds is 8. The molecular formula is C19H20N2O5. The van der Waals surface area contributed by atoms with Crippen molar-refractivity contribution in [3.63, 3.8) is 0 Å². The Hall–Kier alpha value is -3.22. The van der Waals surface area contributed by atoms with Crippen LogP contribution in [0, 0.1) is 17.0 Å². The average Bonchev–Trinajstić information content (AvgIpc) is 2.59. The fourth-order valence-electron chi connectivity index (χ4n) is 2.77. The molecule has 1 atom stereocenters. The third-order valence-electron chi connectivity index (χ3n) is 4.03. The summed E-state index contributed by atoms with van der Waals surface area (Å²) < 4.78 is 0. The molecule has 2 rings (SSSR count). The van der Waals surface area contributed by atoms with Gasteiger partial charge in [-0.3, -0.25) is 19.7 Å². The Morgan fingerprint density at radius 3 is 2.46 bits per heavy atom. The molecule has 2 aromatic carbocycles. The first-order valence-corrected chi connectivity index (χ1v) is 8.19. The molecule has 0 heterocycles. The van der Waals surface area contributed by atoms with Gasteiger partial charge in [0.15, 0.2) is 0 Å². The summed E-state index contributed by atoms with van der Waals surface area (Å²) >= 11 is 0. The van der Waals surface area contributed by atoms with Crippen molar-refractivity contribution in [1.29, 1.82) is 0 Å². The minimum absolute atomic E-state index is 0.0246. The SMILES string of the molecule is Cc1cccc(C(=O)NC(CCC(=O)O)Cc2ccccc2)c1[N+](=O)[O-]. The van der Waals surface area contributed by atoms with Crippen LogP contribution in [0.1, 0.15) is 34.3 Å². The second kappa shape index (κ2) is 8.75. The minimum atomic E-state index is -0.959. The number of benzene rings is 2. The second-order valence-electron chi connectivity index (χ2n) is 6.02. The van der Waals surface area contributed by atoms with Crippen LogP contribution in [0.3, 0.4) is 0 Å². The van der Waals surface area contributed by atoms with Gasteiger partial charge in [-0.15, -0.1) is 0 Å². The molecule has 1 unspecified atom stereocenters. The Kier molecular flexibility index (Phi) is 6.43. The van der Waals surface area contributed by atoms with E-state index in [-0.39, 0.29) is 24.1 Å². The number of nitrogens with zero attached hydrogens (tertiary/aromatic N) is 1. The van der Waals surface area contributed by atoms with E-state index in [1.54, 1.807) is 19.1 Å². The van der Waals surface area contributed by atoms with E-state index in [0.717, 1.165) is 5.56 Å². The maximum absolute atomic E-state index is 12.6. The highest BCUT2D eigenvalue weighted by Crippen LogP contribution is 2.23. The summed E-state index contributed by atoms with van der Waals surface area (Å²) in [6.45, 7) is 1.57. The molecule has 0 aliphatic carbocycles. The highest BCUT2D eigenvalue weighted by Gasteiger charge is 2.24. The van der Waals surface area contributed by atoms with Crippen LogP contribution in [0.25, 0.3) is 0 Å². The highest BCUT2D eigenvalue weighted by molar-refractivity contribution is 5.98. The maximum atomic E-state index is 12.6. The predicted molar refractivity (Wildman–Crippen MR) is 96.1 cm³/mol. The van der Waals surface area contributed by atoms with E-state index in [0.29, 0.717) is 12.0 Å². The molecule has 1 amide bonds. The fraction of sp³-hybridized carbons (Fsp3) is 0.263. The molecule has 2 N–H and O–H groups in total. The van der Waals surface area contributed by atoms with Gasteiger partial charge in [0.2, 0.25) is 0 Å². The number of aryl methyl sites for hydroxylation is 1. The molecule has 0 spiro atoms. The van der Waals surface area contributed by atoms with Crippen molar-refractivity contribution in [1.82, 2.24) is 5.32 Å². The van der Waals surface area contributed by atoms with Gasteiger partial charge in [-0.25, -0.2) is 0 Å². The Morgan fingerprint density at radius 1 is 1.15 bits per heavy atom. The molecule has 0 bridgehead atoms. The number of para-hydroxylation sites is 1. The molecule has 7 nitrogen and oxygen atoms in total. The van der Waals surface area contributed by atoms with Crippen LogP contribution in [0.4, 0.5) is 5.69 Å². The van der Waals surface area contributed by atoms with Gasteiger partial charge in [0.25, 0.3) is 11.6 Å². The van der Waals surface area contributed by atoms with Gasteiger partial charge in [-0.2, -0.15) is 0 Å². The molecule has 26 heavy (non-hydrogen) atoms. The summed E-state index contributed by atoms with van der Waals surface area (Å²) in [5.41, 5.74) is 1.08. The number of amides is 1. The smallest absolute Gasteiger partial charge is 0.303 e. The molecule has 0 radical (unpaired) electrons. The number of carboxylic acid groups (broad SMARTS) is 1. The van der Waals surface area contributed by atoms with Gasteiger partial charge in [0.05, 0.1) is 4.92 Å². The third-order valence-corrected chi connectivity index (χ3v) is 4.03. The molecule has 0 fully saturated rings. The first kappa shape index (κ1) is 19.1. The van der Waals surface area contributed by atoms with Gasteiger partial charge in [-0.1, -0.05) is 42.5 Å². The van der Waals surface area contributed by atoms with Crippen molar-refractivity contribution < 1.29 is 19.6 Å². The number of nitrogens with one attached hydrogen (secondary N) is 1. The molecule has 0 saturated carbocycles. The zero-order valence-corrected chi connectivity index (χ0v) is 14.3. The van der Waals surface area contributed by atoms with Gasteiger partial charge < -0.3 is 10.4 Å². The second-order valence-corrected chi connectivity index (χ2v) is 6.02. The first-order valence-electron chi connectivity index (χ1n) is 8.19. The molecule has 136 valence electrons. The number of hydrogen-bond donors (Lipinski definition) is 2. The summed E-state index contributed by atoms with van der Waals surface area (Å²) in [6, 6.07) is 13.5. The van der Waals surface area contributed by atoms with Crippen molar-refractivity contribution in [2.45, 2.75) is 32.2 Å². The van der Waals surface area contributed by atoms with Crippen LogP contribution in [0.2, 0.25) is 0 Å². The van der Waals surface area contributed by atoms with Gasteiger partial charge in [0.1, 0.15) is 5.56 Å². The number of carbonyl (C=O) groups excluding carboxylic acids is 1. The Bertz CT molecular complexity index is 805. The predicted octanol–water partition coefficient (Wildman–Crippen LogP) is 3.11. The molecule has 0 saturated heterocycles. The average molecular weight is 356 g/mol. The molecule has 7 heteroatoms. The minimum Gasteiger partial charge on any atom is -0.481 e. The lowest BCUT2D eigenvalue weighted by atomic mass is 10.0. The van der Waals surface area contributed by atoms with Crippen molar-refractivity contribution >= 4 is 17.6 Å². The highest BCUT2D eigenvalue weighted by atomic mass is 16.6. The summed E-state index contributed by atoms with van der Waals surface area (Å²) in [6.07, 6.45) is 0.572. The first-order chi connectivity index (χ1) is 12.4. The molecular weight excluding hydrogens is 336 g/mol. The van der Waals surface area contributed by atoms with E-state index in [9.17, 15) is 19.7 Å². The lowest BCUT2D eigenvalue weighted by Gasteiger charge is -2.18. The van der Waals surface area contributed by atoms with Crippen LogP contribution < -0.4 is 5.32 Å². The number of nitro benzene ring substituents is 1. The summed E-state index contributed by atoms with van der Waals surface area (Å²) in [7, 11) is 0. The Labute approximate surface area is 150 Å². The molecule has 0 aliphatic heterocycles. The van der Waals surface area contributed by atoms with E-state index in [1.807, 2.05) is 30.3 Å². The lowest BCUT2D eigenvalue weighted by Crippen LogP contribution is -2.37. The van der Waals surface area contributed by atoms with Crippen molar-refractivity contribution in [3.8, 4) is 0 Å². The van der Waals surface area contributed by atoms with E-state index >= 15 is 0 Å². The molecule has 0 aromatic heterocycles. The van der Waals surface area contributed by atoms with Crippen LogP contribution in [0.5, 0.6) is 0 Å². The summed E-state index contributed by atoms with van der Waals surface area (Å²) in [5, 5.41) is 23.0. The third kappa shape index (κ3) is 5.14. The van der Waals surface area contributed by atoms with E-state index in [1.165, 1.54) is 6.07 Å². The monoisotopic (exact) mass is 356 g/mol. The van der Waals surface area contributed by atoms with Crippen LogP contribution in [-0.2, 0) is 11.2 Å². The van der Waals surface area contributed by atoms with Gasteiger partial charge in [0, 0.05) is 18.0 Å². The van der Waals surface area contributed by atoms with E-state index < -0.39 is 22.8 Å². The zero-order valence-electron chi connectivity index (χ0n) is 14.3. The lowest BCUT2D eigenvalue weighted by molar-refractivity contribution is -0.385. The number of carboxylic acids is 1. The normalized spacial score (nSPS) is 11.6. The summed E-state index contributed by atoms with van der Waals surface area (Å²) in [4.78, 5) is 34.2. The van der Waals surface area contributed by atoms with Gasteiger partial charge >= 0.3 is 5.97 Å². The zero-order chi connectivity index (χ0) is 19.1. The van der Waals surface area contributed by atoms with Crippen molar-refractivity contribution in [3.05, 3.63) is 75.3 Å². The van der Waals surface area contributed by atoms with E-state index in [2.05, 4.69) is 5.32 Å². The molecule has 0 aliphatic rings. The maximum Gasteiger partial charge on any atom is 0.303 e. The van der Waals surface area contributed by atoms with Gasteiger partial charge in [-0.05, 0) is 31.4 Å². The number of aliphatic carboxylic acids is 1. The van der Waals surface area contributed by atoms with Crippen LogP contribution in [0.15, 0.2) is 48.5 Å². The number of nitro groups is 1. The summed E-state index contributed by atoms with van der Waals surface area (Å²) in [5.74, 6) is -1.54. The largest absolute Gasteiger partial charge is 0.481 e. The van der Waals surface area contributed by atoms with E-state index in [4.69, 9.17) is 5.11 Å². The Balaban J connectivity index is 2.21. The number of carbonyl (C=O) groups is 2. The van der Waals surface area contributed by atoms with Crippen molar-refractivity contribution in [2.24, 2.45) is 0 Å². The van der Waals surface area contributed by atoms with Crippen LogP contribution >= 0.6 is 0 Å². The fourth-order valence-corrected chi connectivity index (χ4v) is 2.77. The number of hydrogen-bond acceptors (Lipinski definition) is 4. The molecule has 2 aromatic rings.